The maximum Gasteiger partial charge on any atom is 0.216 e. The van der Waals surface area contributed by atoms with Crippen LogP contribution in [0.2, 0.25) is 0 Å². The highest BCUT2D eigenvalue weighted by Gasteiger charge is 1.90. The monoisotopic (exact) mass is 175 g/mol. The lowest BCUT2D eigenvalue weighted by atomic mass is 10.2. The van der Waals surface area contributed by atoms with Crippen LogP contribution in [0.5, 0.6) is 0 Å². The van der Waals surface area contributed by atoms with Crippen molar-refractivity contribution in [2.75, 3.05) is 13.6 Å². The highest BCUT2D eigenvalue weighted by Crippen LogP contribution is 1.88. The molecule has 0 fully saturated rings. The first-order valence-corrected chi connectivity index (χ1v) is 4.00. The lowest BCUT2D eigenvalue weighted by molar-refractivity contribution is -0.415. The van der Waals surface area contributed by atoms with E-state index >= 15 is 0 Å². The van der Waals surface area contributed by atoms with Crippen molar-refractivity contribution in [3.63, 3.8) is 0 Å². The minimum Gasteiger partial charge on any atom is -0.356 e. The Kier molecular flexibility index (Phi) is 11.3. The van der Waals surface area contributed by atoms with E-state index in [9.17, 15) is 4.79 Å². The van der Waals surface area contributed by atoms with Crippen LogP contribution in [-0.2, 0) is 4.79 Å². The minimum atomic E-state index is 0. The zero-order chi connectivity index (χ0) is 8.53. The summed E-state index contributed by atoms with van der Waals surface area (Å²) in [4.78, 5) is 13.4. The first kappa shape index (κ1) is 13.6. The Balaban J connectivity index is 0. The van der Waals surface area contributed by atoms with Gasteiger partial charge in [-0.2, -0.15) is 0 Å². The lowest BCUT2D eigenvalue weighted by Gasteiger charge is -1.98. The molecule has 0 aliphatic rings. The van der Waals surface area contributed by atoms with Gasteiger partial charge in [0.1, 0.15) is 13.3 Å². The molecule has 0 unspecified atom stereocenters. The fraction of sp³-hybridized carbons (Fsp3) is 0.667. The molecule has 0 aliphatic carbocycles. The van der Waals surface area contributed by atoms with Crippen LogP contribution in [-0.4, -0.2) is 25.7 Å². The molecule has 0 aromatic heterocycles. The standard InChI is InChI=1S/C8H16N2O.CH3/c1-8(11)10-7-5-3-4-6-9-2;/h6H,3-5,7H2,1-2H3,(H,10,11);1H3/q;+1/p+1/i2+1,8+1;1+1. The van der Waals surface area contributed by atoms with Crippen molar-refractivity contribution in [2.24, 2.45) is 0 Å². The van der Waals surface area contributed by atoms with Crippen molar-refractivity contribution in [1.29, 1.82) is 0 Å². The third-order valence-corrected chi connectivity index (χ3v) is 1.35. The second-order valence-corrected chi connectivity index (χ2v) is 2.47. The Labute approximate surface area is 75.3 Å². The van der Waals surface area contributed by atoms with Gasteiger partial charge in [-0.15, -0.1) is 0 Å². The number of carbonyl (C=O) groups is 1. The Morgan fingerprint density at radius 2 is 2.17 bits per heavy atom. The van der Waals surface area contributed by atoms with Crippen LogP contribution in [0, 0.1) is 7.43 Å². The summed E-state index contributed by atoms with van der Waals surface area (Å²) in [5, 5.41) is 2.75. The predicted octanol–water partition coefficient (Wildman–Crippen LogP) is -0.476. The molecule has 0 saturated heterocycles. The van der Waals surface area contributed by atoms with Gasteiger partial charge in [0.15, 0.2) is 0 Å². The van der Waals surface area contributed by atoms with Crippen LogP contribution in [0.3, 0.4) is 0 Å². The minimum absolute atomic E-state index is 0. The molecule has 70 valence electrons. The number of unbranched alkanes of at least 4 members (excludes halogenated alkanes) is 2. The fourth-order valence-electron chi connectivity index (χ4n) is 0.780. The van der Waals surface area contributed by atoms with Crippen LogP contribution in [0.1, 0.15) is 26.2 Å². The van der Waals surface area contributed by atoms with E-state index in [1.807, 2.05) is 13.3 Å². The summed E-state index contributed by atoms with van der Waals surface area (Å²) in [7, 11) is 1.90. The molecule has 2 N–H and O–H groups in total. The molecule has 0 aromatic carbocycles. The van der Waals surface area contributed by atoms with Gasteiger partial charge in [0.05, 0.1) is 0 Å². The van der Waals surface area contributed by atoms with E-state index in [2.05, 4.69) is 10.3 Å². The Bertz CT molecular complexity index is 132. The molecule has 0 radical (unpaired) electrons. The molecular weight excluding hydrogens is 155 g/mol. The molecular formula is C9H20N2O+2. The summed E-state index contributed by atoms with van der Waals surface area (Å²) in [5.41, 5.74) is 0. The number of nitrogens with one attached hydrogen (secondary N) is 2. The van der Waals surface area contributed by atoms with Crippen LogP contribution >= 0.6 is 0 Å². The van der Waals surface area contributed by atoms with Crippen molar-refractivity contribution in [3.8, 4) is 0 Å². The van der Waals surface area contributed by atoms with Gasteiger partial charge in [-0.25, -0.2) is 0 Å². The summed E-state index contributed by atoms with van der Waals surface area (Å²) in [5.74, 6) is 0.0580. The Morgan fingerprint density at radius 1 is 1.50 bits per heavy atom. The zero-order valence-corrected chi connectivity index (χ0v) is 8.31. The number of hydrogen-bond acceptors (Lipinski definition) is 1. The maximum atomic E-state index is 10.4. The first-order chi connectivity index (χ1) is 5.27. The second kappa shape index (κ2) is 10.0. The molecule has 1 amide bonds. The maximum absolute atomic E-state index is 10.4. The fourth-order valence-corrected chi connectivity index (χ4v) is 0.780. The molecule has 3 heteroatoms. The molecule has 3 nitrogen and oxygen atoms in total. The Morgan fingerprint density at radius 3 is 2.67 bits per heavy atom. The van der Waals surface area contributed by atoms with Crippen molar-refractivity contribution in [3.05, 3.63) is 7.43 Å². The van der Waals surface area contributed by atoms with Crippen molar-refractivity contribution < 1.29 is 9.79 Å². The van der Waals surface area contributed by atoms with E-state index in [1.54, 1.807) is 6.92 Å². The average molecular weight is 175 g/mol. The van der Waals surface area contributed by atoms with Gasteiger partial charge >= 0.3 is 0 Å². The first-order valence-electron chi connectivity index (χ1n) is 4.00. The van der Waals surface area contributed by atoms with Gasteiger partial charge < -0.3 is 5.32 Å². The van der Waals surface area contributed by atoms with Crippen molar-refractivity contribution in [2.45, 2.75) is 26.2 Å². The average Bonchev–Trinajstić information content (AvgIpc) is 1.96. The van der Waals surface area contributed by atoms with Gasteiger partial charge in [-0.3, -0.25) is 9.79 Å². The third-order valence-electron chi connectivity index (χ3n) is 1.35. The highest BCUT2D eigenvalue weighted by atomic mass is 16.2. The highest BCUT2D eigenvalue weighted by molar-refractivity contribution is 5.72. The van der Waals surface area contributed by atoms with Gasteiger partial charge in [0, 0.05) is 27.3 Å². The molecule has 0 spiro atoms. The molecule has 0 aromatic rings. The normalized spacial score (nSPS) is 9.50. The van der Waals surface area contributed by atoms with Crippen molar-refractivity contribution >= 4 is 12.1 Å². The number of amides is 1. The predicted molar refractivity (Wildman–Crippen MR) is 51.9 cm³/mol. The van der Waals surface area contributed by atoms with E-state index in [4.69, 9.17) is 0 Å². The van der Waals surface area contributed by atoms with Gasteiger partial charge in [-0.05, 0) is 12.8 Å². The Hall–Kier alpha value is -0.990. The van der Waals surface area contributed by atoms with Gasteiger partial charge in [-0.1, -0.05) is 0 Å². The zero-order valence-electron chi connectivity index (χ0n) is 8.31. The van der Waals surface area contributed by atoms with Gasteiger partial charge in [0.25, 0.3) is 0 Å². The summed E-state index contributed by atoms with van der Waals surface area (Å²) in [6.07, 6.45) is 5.27. The summed E-state index contributed by atoms with van der Waals surface area (Å²) < 4.78 is 0. The van der Waals surface area contributed by atoms with Gasteiger partial charge in [0.2, 0.25) is 5.91 Å². The van der Waals surface area contributed by atoms with Crippen LogP contribution in [0.15, 0.2) is 0 Å². The molecule has 0 heterocycles. The van der Waals surface area contributed by atoms with Crippen LogP contribution < -0.4 is 10.3 Å². The molecule has 0 aliphatic heterocycles. The molecule has 0 rings (SSSR count). The van der Waals surface area contributed by atoms with E-state index < -0.39 is 0 Å². The smallest absolute Gasteiger partial charge is 0.216 e. The van der Waals surface area contributed by atoms with E-state index in [0.29, 0.717) is 0 Å². The lowest BCUT2D eigenvalue weighted by Crippen LogP contribution is -2.62. The SMILES string of the molecule is C[13C](=O)NCCCCC=[NH+][13CH3].[13CH3+]. The molecule has 0 saturated carbocycles. The summed E-state index contributed by atoms with van der Waals surface area (Å²) >= 11 is 0. The third kappa shape index (κ3) is 11.8. The van der Waals surface area contributed by atoms with E-state index in [1.165, 1.54) is 0 Å². The van der Waals surface area contributed by atoms with Crippen LogP contribution in [0.25, 0.3) is 0 Å². The van der Waals surface area contributed by atoms with Crippen molar-refractivity contribution in [1.82, 2.24) is 5.32 Å². The number of rotatable bonds is 5. The molecule has 0 bridgehead atoms. The molecule has 0 atom stereocenters. The molecule has 12 heavy (non-hydrogen) atoms. The van der Waals surface area contributed by atoms with E-state index in [0.717, 1.165) is 25.8 Å². The van der Waals surface area contributed by atoms with Crippen LogP contribution in [0.4, 0.5) is 0 Å². The number of hydrogen-bond donors (Lipinski definition) is 2. The summed E-state index contributed by atoms with van der Waals surface area (Å²) in [6, 6.07) is 0. The second-order valence-electron chi connectivity index (χ2n) is 2.47. The quantitative estimate of drug-likeness (QED) is 0.252. The largest absolute Gasteiger partial charge is 0.356 e. The van der Waals surface area contributed by atoms with E-state index in [-0.39, 0.29) is 13.3 Å². The number of carbonyl (C=O) groups excluding carboxylic acids is 1. The summed E-state index contributed by atoms with van der Waals surface area (Å²) in [6.45, 7) is 2.34. The topological polar surface area (TPSA) is 43.1 Å².